The van der Waals surface area contributed by atoms with Crippen LogP contribution in [0.5, 0.6) is 5.88 Å². The molecular formula is C12H15N3O5. The lowest BCUT2D eigenvalue weighted by molar-refractivity contribution is -0.385. The van der Waals surface area contributed by atoms with Gasteiger partial charge in [0.2, 0.25) is 5.88 Å². The summed E-state index contributed by atoms with van der Waals surface area (Å²) in [5.41, 5.74) is -0.943. The summed E-state index contributed by atoms with van der Waals surface area (Å²) in [6.45, 7) is 1.78. The SMILES string of the molecule is CN1CCC(Oc2cc(C(=O)O)c([N+](=O)[O-])cn2)CC1. The summed E-state index contributed by atoms with van der Waals surface area (Å²) in [4.78, 5) is 27.0. The maximum Gasteiger partial charge on any atom is 0.342 e. The molecule has 1 N–H and O–H groups in total. The Morgan fingerprint density at radius 1 is 1.55 bits per heavy atom. The summed E-state index contributed by atoms with van der Waals surface area (Å²) in [6.07, 6.45) is 2.52. The Labute approximate surface area is 115 Å². The van der Waals surface area contributed by atoms with Gasteiger partial charge in [0.15, 0.2) is 0 Å². The van der Waals surface area contributed by atoms with E-state index in [2.05, 4.69) is 9.88 Å². The molecule has 1 aromatic heterocycles. The van der Waals surface area contributed by atoms with Gasteiger partial charge in [-0.3, -0.25) is 10.1 Å². The number of nitrogens with zero attached hydrogens (tertiary/aromatic N) is 3. The lowest BCUT2D eigenvalue weighted by atomic mass is 10.1. The van der Waals surface area contributed by atoms with Crippen molar-refractivity contribution < 1.29 is 19.6 Å². The molecule has 2 rings (SSSR count). The van der Waals surface area contributed by atoms with Gasteiger partial charge in [0.05, 0.1) is 4.92 Å². The molecule has 0 amide bonds. The number of hydrogen-bond donors (Lipinski definition) is 1. The molecule has 0 unspecified atom stereocenters. The van der Waals surface area contributed by atoms with Crippen LogP contribution in [0.1, 0.15) is 23.2 Å². The van der Waals surface area contributed by atoms with Gasteiger partial charge in [0, 0.05) is 19.2 Å². The second kappa shape index (κ2) is 5.83. The molecular weight excluding hydrogens is 266 g/mol. The summed E-state index contributed by atoms with van der Waals surface area (Å²) >= 11 is 0. The third kappa shape index (κ3) is 3.21. The van der Waals surface area contributed by atoms with Gasteiger partial charge in [-0.15, -0.1) is 0 Å². The van der Waals surface area contributed by atoms with E-state index in [1.54, 1.807) is 0 Å². The third-order valence-corrected chi connectivity index (χ3v) is 3.24. The highest BCUT2D eigenvalue weighted by Gasteiger charge is 2.23. The normalized spacial score (nSPS) is 16.9. The fraction of sp³-hybridized carbons (Fsp3) is 0.500. The first-order chi connectivity index (χ1) is 9.47. The molecule has 1 aliphatic rings. The zero-order valence-electron chi connectivity index (χ0n) is 11.0. The van der Waals surface area contributed by atoms with E-state index in [0.717, 1.165) is 38.2 Å². The number of carbonyl (C=O) groups is 1. The van der Waals surface area contributed by atoms with Crippen LogP contribution >= 0.6 is 0 Å². The van der Waals surface area contributed by atoms with Crippen LogP contribution in [0, 0.1) is 10.1 Å². The van der Waals surface area contributed by atoms with Crippen molar-refractivity contribution in [3.05, 3.63) is 27.9 Å². The number of nitro groups is 1. The highest BCUT2D eigenvalue weighted by atomic mass is 16.6. The first-order valence-electron chi connectivity index (χ1n) is 6.20. The van der Waals surface area contributed by atoms with E-state index in [9.17, 15) is 14.9 Å². The second-order valence-electron chi connectivity index (χ2n) is 4.72. The van der Waals surface area contributed by atoms with Crippen LogP contribution in [0.4, 0.5) is 5.69 Å². The topological polar surface area (TPSA) is 106 Å². The number of pyridine rings is 1. The minimum atomic E-state index is -1.37. The number of aromatic carboxylic acids is 1. The molecule has 8 heteroatoms. The summed E-state index contributed by atoms with van der Waals surface area (Å²) in [5, 5.41) is 19.7. The number of ether oxygens (including phenoxy) is 1. The van der Waals surface area contributed by atoms with E-state index < -0.39 is 22.1 Å². The molecule has 0 spiro atoms. The van der Waals surface area contributed by atoms with Crippen LogP contribution in [0.15, 0.2) is 12.3 Å². The standard InChI is InChI=1S/C12H15N3O5/c1-14-4-2-8(3-5-14)20-11-6-9(12(16)17)10(7-13-11)15(18)19/h6-8H,2-5H2,1H3,(H,16,17). The van der Waals surface area contributed by atoms with Gasteiger partial charge in [-0.1, -0.05) is 0 Å². The highest BCUT2D eigenvalue weighted by molar-refractivity contribution is 5.92. The predicted octanol–water partition coefficient (Wildman–Crippen LogP) is 1.16. The molecule has 0 saturated carbocycles. The minimum absolute atomic E-state index is 0.0400. The zero-order chi connectivity index (χ0) is 14.7. The first kappa shape index (κ1) is 14.2. The smallest absolute Gasteiger partial charge is 0.342 e. The van der Waals surface area contributed by atoms with E-state index in [-0.39, 0.29) is 12.0 Å². The third-order valence-electron chi connectivity index (χ3n) is 3.24. The Hall–Kier alpha value is -2.22. The van der Waals surface area contributed by atoms with E-state index >= 15 is 0 Å². The van der Waals surface area contributed by atoms with Gasteiger partial charge < -0.3 is 14.7 Å². The number of hydrogen-bond acceptors (Lipinski definition) is 6. The fourth-order valence-corrected chi connectivity index (χ4v) is 2.08. The average molecular weight is 281 g/mol. The van der Waals surface area contributed by atoms with Crippen molar-refractivity contribution in [3.63, 3.8) is 0 Å². The Morgan fingerprint density at radius 2 is 2.20 bits per heavy atom. The fourth-order valence-electron chi connectivity index (χ4n) is 2.08. The maximum atomic E-state index is 11.0. The molecule has 20 heavy (non-hydrogen) atoms. The number of rotatable bonds is 4. The minimum Gasteiger partial charge on any atom is -0.477 e. The number of carboxylic acid groups (broad SMARTS) is 1. The van der Waals surface area contributed by atoms with Crippen LogP contribution in [-0.4, -0.2) is 52.1 Å². The largest absolute Gasteiger partial charge is 0.477 e. The van der Waals surface area contributed by atoms with Crippen LogP contribution in [0.3, 0.4) is 0 Å². The Bertz CT molecular complexity index is 526. The monoisotopic (exact) mass is 281 g/mol. The summed E-state index contributed by atoms with van der Waals surface area (Å²) in [7, 11) is 2.02. The van der Waals surface area contributed by atoms with Crippen molar-refractivity contribution in [2.24, 2.45) is 0 Å². The first-order valence-corrected chi connectivity index (χ1v) is 6.20. The molecule has 1 aliphatic heterocycles. The van der Waals surface area contributed by atoms with Crippen molar-refractivity contribution in [3.8, 4) is 5.88 Å². The van der Waals surface area contributed by atoms with Crippen molar-refractivity contribution in [1.29, 1.82) is 0 Å². The number of carboxylic acids is 1. The van der Waals surface area contributed by atoms with Gasteiger partial charge in [0.1, 0.15) is 17.9 Å². The lowest BCUT2D eigenvalue weighted by Gasteiger charge is -2.28. The molecule has 1 fully saturated rings. The number of likely N-dealkylation sites (tertiary alicyclic amines) is 1. The van der Waals surface area contributed by atoms with Crippen molar-refractivity contribution >= 4 is 11.7 Å². The van der Waals surface area contributed by atoms with Crippen molar-refractivity contribution in [2.75, 3.05) is 20.1 Å². The molecule has 0 atom stereocenters. The number of aromatic nitrogens is 1. The van der Waals surface area contributed by atoms with Crippen LogP contribution < -0.4 is 4.74 Å². The van der Waals surface area contributed by atoms with Gasteiger partial charge in [-0.05, 0) is 19.9 Å². The van der Waals surface area contributed by atoms with Crippen LogP contribution in [0.25, 0.3) is 0 Å². The molecule has 0 radical (unpaired) electrons. The Kier molecular flexibility index (Phi) is 4.14. The molecule has 8 nitrogen and oxygen atoms in total. The Morgan fingerprint density at radius 3 is 2.75 bits per heavy atom. The Balaban J connectivity index is 2.15. The quantitative estimate of drug-likeness (QED) is 0.652. The zero-order valence-corrected chi connectivity index (χ0v) is 11.0. The van der Waals surface area contributed by atoms with E-state index in [4.69, 9.17) is 9.84 Å². The van der Waals surface area contributed by atoms with Crippen LogP contribution in [-0.2, 0) is 0 Å². The summed E-state index contributed by atoms with van der Waals surface area (Å²) in [5.74, 6) is -1.25. The van der Waals surface area contributed by atoms with E-state index in [1.165, 1.54) is 0 Å². The molecule has 0 bridgehead atoms. The van der Waals surface area contributed by atoms with Crippen molar-refractivity contribution in [1.82, 2.24) is 9.88 Å². The van der Waals surface area contributed by atoms with E-state index in [0.29, 0.717) is 0 Å². The highest BCUT2D eigenvalue weighted by Crippen LogP contribution is 2.23. The van der Waals surface area contributed by atoms with Crippen LogP contribution in [0.2, 0.25) is 0 Å². The molecule has 108 valence electrons. The molecule has 0 aromatic carbocycles. The number of piperidine rings is 1. The summed E-state index contributed by atoms with van der Waals surface area (Å²) in [6, 6.07) is 1.11. The predicted molar refractivity (Wildman–Crippen MR) is 69.0 cm³/mol. The average Bonchev–Trinajstić information content (AvgIpc) is 2.41. The van der Waals surface area contributed by atoms with Crippen molar-refractivity contribution in [2.45, 2.75) is 18.9 Å². The van der Waals surface area contributed by atoms with Gasteiger partial charge in [0.25, 0.3) is 0 Å². The second-order valence-corrected chi connectivity index (χ2v) is 4.72. The maximum absolute atomic E-state index is 11.0. The van der Waals surface area contributed by atoms with Gasteiger partial charge in [-0.2, -0.15) is 0 Å². The lowest BCUT2D eigenvalue weighted by Crippen LogP contribution is -2.35. The van der Waals surface area contributed by atoms with E-state index in [1.807, 2.05) is 7.05 Å². The van der Waals surface area contributed by atoms with Gasteiger partial charge >= 0.3 is 11.7 Å². The molecule has 0 aliphatic carbocycles. The molecule has 2 heterocycles. The van der Waals surface area contributed by atoms with Gasteiger partial charge in [-0.25, -0.2) is 9.78 Å². The molecule has 1 aromatic rings. The molecule has 1 saturated heterocycles. The summed E-state index contributed by atoms with van der Waals surface area (Å²) < 4.78 is 5.61.